The number of methoxy groups -OCH3 is 1. The number of rotatable bonds is 3. The molecular weight excluding hydrogens is 258 g/mol. The second-order valence-electron chi connectivity index (χ2n) is 4.07. The molecule has 0 fully saturated rings. The smallest absolute Gasteiger partial charge is 0.400 e. The van der Waals surface area contributed by atoms with E-state index in [1.807, 2.05) is 18.2 Å². The van der Waals surface area contributed by atoms with Crippen LogP contribution in [0, 0.1) is 0 Å². The second kappa shape index (κ2) is 5.05. The van der Waals surface area contributed by atoms with Crippen LogP contribution in [0.25, 0.3) is 11.1 Å². The number of para-hydroxylation sites is 2. The minimum absolute atomic E-state index is 0.133. The Labute approximate surface area is 114 Å². The Bertz CT molecular complexity index is 730. The maximum Gasteiger partial charge on any atom is 0.400 e. The first-order valence-electron chi connectivity index (χ1n) is 5.98. The van der Waals surface area contributed by atoms with E-state index in [1.165, 1.54) is 7.11 Å². The van der Waals surface area contributed by atoms with Crippen molar-refractivity contribution in [2.75, 3.05) is 7.11 Å². The fourth-order valence-corrected chi connectivity index (χ4v) is 1.80. The van der Waals surface area contributed by atoms with Crippen LogP contribution in [-0.2, 0) is 4.74 Å². The van der Waals surface area contributed by atoms with Crippen molar-refractivity contribution < 1.29 is 18.7 Å². The highest BCUT2D eigenvalue weighted by Gasteiger charge is 2.10. The van der Waals surface area contributed by atoms with E-state index in [2.05, 4.69) is 9.72 Å². The van der Waals surface area contributed by atoms with Gasteiger partial charge >= 0.3 is 12.0 Å². The zero-order valence-corrected chi connectivity index (χ0v) is 10.7. The van der Waals surface area contributed by atoms with Gasteiger partial charge in [-0.25, -0.2) is 4.79 Å². The number of nitrogens with zero attached hydrogens (tertiary/aromatic N) is 1. The largest absolute Gasteiger partial charge is 0.465 e. The van der Waals surface area contributed by atoms with Crippen LogP contribution >= 0.6 is 0 Å². The van der Waals surface area contributed by atoms with Crippen LogP contribution < -0.4 is 4.74 Å². The van der Waals surface area contributed by atoms with Crippen molar-refractivity contribution in [3.8, 4) is 11.8 Å². The molecular formula is C15H11NO4. The van der Waals surface area contributed by atoms with Gasteiger partial charge in [-0.1, -0.05) is 18.2 Å². The molecule has 5 nitrogen and oxygen atoms in total. The highest BCUT2D eigenvalue weighted by Crippen LogP contribution is 2.25. The number of aromatic nitrogens is 1. The topological polar surface area (TPSA) is 61.6 Å². The first-order chi connectivity index (χ1) is 9.76. The molecule has 2 aromatic carbocycles. The molecule has 0 atom stereocenters. The van der Waals surface area contributed by atoms with Crippen molar-refractivity contribution in [1.29, 1.82) is 0 Å². The Morgan fingerprint density at radius 2 is 2.00 bits per heavy atom. The Morgan fingerprint density at radius 3 is 2.80 bits per heavy atom. The summed E-state index contributed by atoms with van der Waals surface area (Å²) in [7, 11) is 1.33. The monoisotopic (exact) mass is 269 g/mol. The van der Waals surface area contributed by atoms with Crippen LogP contribution in [0.5, 0.6) is 11.8 Å². The molecule has 0 saturated carbocycles. The molecule has 0 radical (unpaired) electrons. The lowest BCUT2D eigenvalue weighted by molar-refractivity contribution is 0.0600. The number of hydrogen-bond acceptors (Lipinski definition) is 5. The molecule has 5 heteroatoms. The van der Waals surface area contributed by atoms with Gasteiger partial charge in [0.2, 0.25) is 0 Å². The molecule has 0 saturated heterocycles. The third-order valence-electron chi connectivity index (χ3n) is 2.73. The number of benzene rings is 2. The standard InChI is InChI=1S/C15H11NO4/c1-18-14(17)10-5-4-6-11(9-10)19-15-16-12-7-2-3-8-13(12)20-15/h2-9H,1H3. The van der Waals surface area contributed by atoms with Gasteiger partial charge in [0.15, 0.2) is 5.58 Å². The van der Waals surface area contributed by atoms with E-state index in [0.717, 1.165) is 0 Å². The fourth-order valence-electron chi connectivity index (χ4n) is 1.80. The number of esters is 1. The van der Waals surface area contributed by atoms with Gasteiger partial charge in [-0.15, -0.1) is 0 Å². The second-order valence-corrected chi connectivity index (χ2v) is 4.07. The van der Waals surface area contributed by atoms with Crippen LogP contribution in [0.15, 0.2) is 52.9 Å². The highest BCUT2D eigenvalue weighted by atomic mass is 16.6. The molecule has 0 aliphatic heterocycles. The van der Waals surface area contributed by atoms with Crippen molar-refractivity contribution in [2.24, 2.45) is 0 Å². The molecule has 0 unspecified atom stereocenters. The van der Waals surface area contributed by atoms with Gasteiger partial charge < -0.3 is 13.9 Å². The van der Waals surface area contributed by atoms with Crippen molar-refractivity contribution in [3.05, 3.63) is 54.1 Å². The van der Waals surface area contributed by atoms with E-state index < -0.39 is 5.97 Å². The molecule has 0 aliphatic rings. The minimum atomic E-state index is -0.423. The lowest BCUT2D eigenvalue weighted by atomic mass is 10.2. The first kappa shape index (κ1) is 12.2. The molecule has 0 spiro atoms. The molecule has 0 amide bonds. The van der Waals surface area contributed by atoms with E-state index in [0.29, 0.717) is 22.4 Å². The Morgan fingerprint density at radius 1 is 1.15 bits per heavy atom. The maximum absolute atomic E-state index is 11.4. The number of ether oxygens (including phenoxy) is 2. The van der Waals surface area contributed by atoms with Gasteiger partial charge in [-0.2, -0.15) is 4.98 Å². The number of carbonyl (C=O) groups is 1. The van der Waals surface area contributed by atoms with Crippen LogP contribution in [-0.4, -0.2) is 18.1 Å². The zero-order chi connectivity index (χ0) is 13.9. The van der Waals surface area contributed by atoms with Crippen LogP contribution in [0.1, 0.15) is 10.4 Å². The van der Waals surface area contributed by atoms with Crippen LogP contribution in [0.3, 0.4) is 0 Å². The van der Waals surface area contributed by atoms with E-state index in [-0.39, 0.29) is 6.08 Å². The molecule has 1 aromatic heterocycles. The predicted molar refractivity (Wildman–Crippen MR) is 71.9 cm³/mol. The molecule has 0 aliphatic carbocycles. The molecule has 3 aromatic rings. The number of fused-ring (bicyclic) bond motifs is 1. The average molecular weight is 269 g/mol. The van der Waals surface area contributed by atoms with Crippen molar-refractivity contribution >= 4 is 17.1 Å². The van der Waals surface area contributed by atoms with Crippen molar-refractivity contribution in [1.82, 2.24) is 4.98 Å². The summed E-state index contributed by atoms with van der Waals surface area (Å²) >= 11 is 0. The summed E-state index contributed by atoms with van der Waals surface area (Å²) in [6.07, 6.45) is 0.133. The van der Waals surface area contributed by atoms with Gasteiger partial charge in [0.1, 0.15) is 11.3 Å². The predicted octanol–water partition coefficient (Wildman–Crippen LogP) is 3.41. The van der Waals surface area contributed by atoms with E-state index in [4.69, 9.17) is 9.15 Å². The normalized spacial score (nSPS) is 10.4. The van der Waals surface area contributed by atoms with E-state index in [1.54, 1.807) is 30.3 Å². The molecule has 3 rings (SSSR count). The van der Waals surface area contributed by atoms with Crippen molar-refractivity contribution in [2.45, 2.75) is 0 Å². The lowest BCUT2D eigenvalue weighted by Crippen LogP contribution is -2.00. The Kier molecular flexibility index (Phi) is 3.09. The van der Waals surface area contributed by atoms with Gasteiger partial charge in [-0.05, 0) is 30.3 Å². The summed E-state index contributed by atoms with van der Waals surface area (Å²) in [6.45, 7) is 0. The van der Waals surface area contributed by atoms with Gasteiger partial charge in [0, 0.05) is 0 Å². The summed E-state index contributed by atoms with van der Waals surface area (Å²) in [6, 6.07) is 14.0. The number of carbonyl (C=O) groups excluding carboxylic acids is 1. The van der Waals surface area contributed by atoms with Crippen LogP contribution in [0.2, 0.25) is 0 Å². The summed E-state index contributed by atoms with van der Waals surface area (Å²) < 4.78 is 15.6. The van der Waals surface area contributed by atoms with E-state index >= 15 is 0 Å². The first-order valence-corrected chi connectivity index (χ1v) is 5.98. The molecule has 0 N–H and O–H groups in total. The quantitative estimate of drug-likeness (QED) is 0.682. The lowest BCUT2D eigenvalue weighted by Gasteiger charge is -2.02. The fraction of sp³-hybridized carbons (Fsp3) is 0.0667. The highest BCUT2D eigenvalue weighted by molar-refractivity contribution is 5.89. The van der Waals surface area contributed by atoms with Gasteiger partial charge in [-0.3, -0.25) is 0 Å². The van der Waals surface area contributed by atoms with Crippen molar-refractivity contribution in [3.63, 3.8) is 0 Å². The van der Waals surface area contributed by atoms with Gasteiger partial charge in [0.05, 0.1) is 12.7 Å². The molecule has 100 valence electrons. The number of oxazole rings is 1. The SMILES string of the molecule is COC(=O)c1cccc(Oc2nc3ccccc3o2)c1. The zero-order valence-electron chi connectivity index (χ0n) is 10.7. The van der Waals surface area contributed by atoms with E-state index in [9.17, 15) is 4.79 Å². The summed E-state index contributed by atoms with van der Waals surface area (Å²) in [5.41, 5.74) is 1.76. The Balaban J connectivity index is 1.88. The number of hydrogen-bond donors (Lipinski definition) is 0. The summed E-state index contributed by atoms with van der Waals surface area (Å²) in [4.78, 5) is 15.6. The Hall–Kier alpha value is -2.82. The molecule has 20 heavy (non-hydrogen) atoms. The molecule has 0 bridgehead atoms. The van der Waals surface area contributed by atoms with Crippen LogP contribution in [0.4, 0.5) is 0 Å². The maximum atomic E-state index is 11.4. The van der Waals surface area contributed by atoms with Gasteiger partial charge in [0.25, 0.3) is 0 Å². The third-order valence-corrected chi connectivity index (χ3v) is 2.73. The summed E-state index contributed by atoms with van der Waals surface area (Å²) in [5.74, 6) is 0.0347. The molecule has 1 heterocycles. The average Bonchev–Trinajstić information content (AvgIpc) is 2.88. The summed E-state index contributed by atoms with van der Waals surface area (Å²) in [5, 5.41) is 0. The third kappa shape index (κ3) is 2.33. The minimum Gasteiger partial charge on any atom is -0.465 e.